The topological polar surface area (TPSA) is 98.6 Å². The molecule has 0 radical (unpaired) electrons. The lowest BCUT2D eigenvalue weighted by Gasteiger charge is -2.13. The summed E-state index contributed by atoms with van der Waals surface area (Å²) in [4.78, 5) is 10.1. The van der Waals surface area contributed by atoms with Crippen molar-refractivity contribution in [3.05, 3.63) is 27.8 Å². The van der Waals surface area contributed by atoms with Crippen molar-refractivity contribution in [3.8, 4) is 11.5 Å². The molecular formula is C10H15ClN2O4. The molecule has 1 aromatic rings. The Bertz CT molecular complexity index is 412. The molecule has 0 aromatic heterocycles. The summed E-state index contributed by atoms with van der Waals surface area (Å²) in [6, 6.07) is 1.99. The van der Waals surface area contributed by atoms with Gasteiger partial charge in [-0.3, -0.25) is 10.1 Å². The molecule has 96 valence electrons. The quantitative estimate of drug-likeness (QED) is 0.640. The second kappa shape index (κ2) is 6.27. The summed E-state index contributed by atoms with van der Waals surface area (Å²) in [7, 11) is 1.33. The average molecular weight is 263 g/mol. The molecule has 0 saturated heterocycles. The van der Waals surface area contributed by atoms with E-state index in [4.69, 9.17) is 10.5 Å². The molecular weight excluding hydrogens is 248 g/mol. The van der Waals surface area contributed by atoms with Crippen molar-refractivity contribution >= 4 is 18.1 Å². The lowest BCUT2D eigenvalue weighted by Crippen LogP contribution is -2.09. The van der Waals surface area contributed by atoms with Crippen LogP contribution in [0.5, 0.6) is 11.5 Å². The predicted molar refractivity (Wildman–Crippen MR) is 65.8 cm³/mol. The smallest absolute Gasteiger partial charge is 0.273 e. The number of halogens is 1. The summed E-state index contributed by atoms with van der Waals surface area (Å²) in [5.74, 6) is -0.0736. The molecule has 0 fully saturated rings. The van der Waals surface area contributed by atoms with Gasteiger partial charge in [-0.2, -0.15) is 0 Å². The summed E-state index contributed by atoms with van der Waals surface area (Å²) < 4.78 is 4.86. The molecule has 0 unspecified atom stereocenters. The Labute approximate surface area is 105 Å². The van der Waals surface area contributed by atoms with Gasteiger partial charge in [0.1, 0.15) is 0 Å². The number of nitro benzene ring substituents is 1. The summed E-state index contributed by atoms with van der Waals surface area (Å²) in [6.45, 7) is 1.83. The van der Waals surface area contributed by atoms with Gasteiger partial charge in [0, 0.05) is 17.7 Å². The molecule has 0 aliphatic heterocycles. The summed E-state index contributed by atoms with van der Waals surface area (Å²) in [6.07, 6.45) is 0.567. The fraction of sp³-hybridized carbons (Fsp3) is 0.400. The maximum atomic E-state index is 10.7. The molecule has 0 aliphatic carbocycles. The van der Waals surface area contributed by atoms with Crippen molar-refractivity contribution in [2.75, 3.05) is 7.11 Å². The molecule has 6 nitrogen and oxygen atoms in total. The molecule has 0 spiro atoms. The van der Waals surface area contributed by atoms with Crippen LogP contribution in [0.3, 0.4) is 0 Å². The first-order valence-corrected chi connectivity index (χ1v) is 4.82. The van der Waals surface area contributed by atoms with Crippen LogP contribution in [0, 0.1) is 10.1 Å². The SMILES string of the molecule is CC[C@@H](N)c1cc([N+](=O)[O-])cc(OC)c1O.Cl. The number of aromatic hydroxyl groups is 1. The summed E-state index contributed by atoms with van der Waals surface area (Å²) in [5, 5.41) is 20.4. The van der Waals surface area contributed by atoms with Crippen molar-refractivity contribution in [1.82, 2.24) is 0 Å². The Hall–Kier alpha value is -1.53. The van der Waals surface area contributed by atoms with Gasteiger partial charge in [0.15, 0.2) is 11.5 Å². The highest BCUT2D eigenvalue weighted by molar-refractivity contribution is 5.85. The number of hydrogen-bond acceptors (Lipinski definition) is 5. The molecule has 0 bridgehead atoms. The van der Waals surface area contributed by atoms with E-state index in [0.717, 1.165) is 0 Å². The van der Waals surface area contributed by atoms with E-state index in [1.165, 1.54) is 19.2 Å². The number of nitrogens with zero attached hydrogens (tertiary/aromatic N) is 1. The first-order valence-electron chi connectivity index (χ1n) is 4.82. The summed E-state index contributed by atoms with van der Waals surface area (Å²) >= 11 is 0. The van der Waals surface area contributed by atoms with E-state index in [9.17, 15) is 15.2 Å². The Morgan fingerprint density at radius 1 is 1.59 bits per heavy atom. The second-order valence-corrected chi connectivity index (χ2v) is 3.36. The molecule has 0 amide bonds. The molecule has 1 aromatic carbocycles. The zero-order valence-corrected chi connectivity index (χ0v) is 10.4. The zero-order chi connectivity index (χ0) is 12.3. The Kier molecular flexibility index (Phi) is 5.70. The average Bonchev–Trinajstić information content (AvgIpc) is 2.28. The van der Waals surface area contributed by atoms with E-state index in [1.54, 1.807) is 0 Å². The van der Waals surface area contributed by atoms with E-state index in [0.29, 0.717) is 12.0 Å². The van der Waals surface area contributed by atoms with E-state index in [1.807, 2.05) is 6.92 Å². The number of nitro groups is 1. The molecule has 0 heterocycles. The zero-order valence-electron chi connectivity index (χ0n) is 9.54. The molecule has 1 atom stereocenters. The number of phenolic OH excluding ortho intramolecular Hbond substituents is 1. The van der Waals surface area contributed by atoms with Crippen LogP contribution in [0.25, 0.3) is 0 Å². The Morgan fingerprint density at radius 3 is 2.59 bits per heavy atom. The van der Waals surface area contributed by atoms with Crippen LogP contribution in [-0.2, 0) is 0 Å². The number of benzene rings is 1. The Balaban J connectivity index is 0.00000256. The van der Waals surface area contributed by atoms with E-state index in [2.05, 4.69) is 0 Å². The third kappa shape index (κ3) is 3.21. The maximum absolute atomic E-state index is 10.7. The van der Waals surface area contributed by atoms with Crippen LogP contribution in [0.4, 0.5) is 5.69 Å². The fourth-order valence-electron chi connectivity index (χ4n) is 1.38. The van der Waals surface area contributed by atoms with Crippen LogP contribution < -0.4 is 10.5 Å². The van der Waals surface area contributed by atoms with Crippen molar-refractivity contribution in [2.45, 2.75) is 19.4 Å². The molecule has 3 N–H and O–H groups in total. The predicted octanol–water partition coefficient (Wildman–Crippen LogP) is 2.14. The van der Waals surface area contributed by atoms with Gasteiger partial charge in [0.05, 0.1) is 18.1 Å². The fourth-order valence-corrected chi connectivity index (χ4v) is 1.38. The van der Waals surface area contributed by atoms with Crippen molar-refractivity contribution in [2.24, 2.45) is 5.73 Å². The minimum atomic E-state index is -0.548. The van der Waals surface area contributed by atoms with Gasteiger partial charge in [-0.05, 0) is 6.42 Å². The second-order valence-electron chi connectivity index (χ2n) is 3.36. The van der Waals surface area contributed by atoms with Gasteiger partial charge in [0.25, 0.3) is 5.69 Å². The van der Waals surface area contributed by atoms with Gasteiger partial charge < -0.3 is 15.6 Å². The van der Waals surface area contributed by atoms with Crippen LogP contribution in [0.1, 0.15) is 24.9 Å². The first-order chi connectivity index (χ1) is 7.51. The van der Waals surface area contributed by atoms with E-state index >= 15 is 0 Å². The lowest BCUT2D eigenvalue weighted by atomic mass is 10.0. The third-order valence-corrected chi connectivity index (χ3v) is 2.36. The highest BCUT2D eigenvalue weighted by Crippen LogP contribution is 2.37. The maximum Gasteiger partial charge on any atom is 0.273 e. The number of phenols is 1. The van der Waals surface area contributed by atoms with Gasteiger partial charge in [-0.1, -0.05) is 6.92 Å². The lowest BCUT2D eigenvalue weighted by molar-refractivity contribution is -0.385. The molecule has 0 aliphatic rings. The molecule has 0 saturated carbocycles. The normalized spacial score (nSPS) is 11.5. The van der Waals surface area contributed by atoms with Gasteiger partial charge in [-0.25, -0.2) is 0 Å². The van der Waals surface area contributed by atoms with Gasteiger partial charge in [-0.15, -0.1) is 12.4 Å². The molecule has 17 heavy (non-hydrogen) atoms. The van der Waals surface area contributed by atoms with Crippen LogP contribution in [-0.4, -0.2) is 17.1 Å². The molecule has 1 rings (SSSR count). The van der Waals surface area contributed by atoms with Crippen LogP contribution >= 0.6 is 12.4 Å². The van der Waals surface area contributed by atoms with Crippen molar-refractivity contribution in [1.29, 1.82) is 0 Å². The number of nitrogens with two attached hydrogens (primary N) is 1. The van der Waals surface area contributed by atoms with Gasteiger partial charge >= 0.3 is 0 Å². The van der Waals surface area contributed by atoms with Crippen LogP contribution in [0.15, 0.2) is 12.1 Å². The standard InChI is InChI=1S/C10H14N2O4.ClH/c1-3-8(11)7-4-6(12(14)15)5-9(16-2)10(7)13;/h4-5,8,13H,3,11H2,1-2H3;1H/t8-;/m1./s1. The van der Waals surface area contributed by atoms with Crippen molar-refractivity contribution in [3.63, 3.8) is 0 Å². The van der Waals surface area contributed by atoms with Crippen molar-refractivity contribution < 1.29 is 14.8 Å². The third-order valence-electron chi connectivity index (χ3n) is 2.36. The highest BCUT2D eigenvalue weighted by atomic mass is 35.5. The number of ether oxygens (including phenoxy) is 1. The minimum absolute atomic E-state index is 0. The van der Waals surface area contributed by atoms with Gasteiger partial charge in [0.2, 0.25) is 0 Å². The monoisotopic (exact) mass is 262 g/mol. The number of hydrogen-bond donors (Lipinski definition) is 2. The van der Waals surface area contributed by atoms with Crippen LogP contribution in [0.2, 0.25) is 0 Å². The number of non-ortho nitro benzene ring substituents is 1. The van der Waals surface area contributed by atoms with E-state index in [-0.39, 0.29) is 29.6 Å². The Morgan fingerprint density at radius 2 is 2.18 bits per heavy atom. The van der Waals surface area contributed by atoms with E-state index < -0.39 is 11.0 Å². The minimum Gasteiger partial charge on any atom is -0.504 e. The highest BCUT2D eigenvalue weighted by Gasteiger charge is 2.19. The largest absolute Gasteiger partial charge is 0.504 e. The number of methoxy groups -OCH3 is 1. The number of rotatable bonds is 4. The first kappa shape index (κ1) is 15.5. The molecule has 7 heteroatoms. The summed E-state index contributed by atoms with van der Waals surface area (Å²) in [5.41, 5.74) is 5.93.